The molecular weight excluding hydrogens is 217 g/mol. The van der Waals surface area contributed by atoms with Crippen LogP contribution in [0.15, 0.2) is 0 Å². The fourth-order valence-corrected chi connectivity index (χ4v) is 1.22. The number of amides is 2. The highest BCUT2D eigenvalue weighted by atomic mass is 19.4. The molecule has 15 heavy (non-hydrogen) atoms. The van der Waals surface area contributed by atoms with Gasteiger partial charge in [-0.2, -0.15) is 13.2 Å². The van der Waals surface area contributed by atoms with Gasteiger partial charge in [0.15, 0.2) is 0 Å². The Kier molecular flexibility index (Phi) is 3.06. The summed E-state index contributed by atoms with van der Waals surface area (Å²) < 4.78 is 35.2. The molecule has 1 heterocycles. The van der Waals surface area contributed by atoms with Crippen LogP contribution in [0.1, 0.15) is 6.42 Å². The van der Waals surface area contributed by atoms with Gasteiger partial charge < -0.3 is 15.3 Å². The number of nitrogens with one attached hydrogen (secondary N) is 1. The minimum Gasteiger partial charge on any atom is -0.465 e. The normalized spacial score (nSPS) is 20.7. The number of likely N-dealkylation sites (tertiary alicyclic amines) is 1. The van der Waals surface area contributed by atoms with Crippen molar-refractivity contribution >= 4 is 12.0 Å². The second kappa shape index (κ2) is 3.95. The highest BCUT2D eigenvalue weighted by Crippen LogP contribution is 2.18. The van der Waals surface area contributed by atoms with Crippen molar-refractivity contribution in [2.75, 3.05) is 13.1 Å². The molecule has 0 unspecified atom stereocenters. The lowest BCUT2D eigenvalue weighted by molar-refractivity contribution is -0.173. The number of halogens is 3. The molecule has 2 N–H and O–H groups in total. The summed E-state index contributed by atoms with van der Waals surface area (Å²) in [6, 6.07) is -0.547. The maximum absolute atomic E-state index is 11.7. The van der Waals surface area contributed by atoms with E-state index in [-0.39, 0.29) is 6.54 Å². The Bertz CT molecular complexity index is 279. The number of alkyl halides is 3. The summed E-state index contributed by atoms with van der Waals surface area (Å²) in [5.74, 6) is -2.04. The average Bonchev–Trinajstić information content (AvgIpc) is 1.98. The Morgan fingerprint density at radius 3 is 2.40 bits per heavy atom. The zero-order valence-corrected chi connectivity index (χ0v) is 7.54. The molecular formula is C7H9F3N2O3. The number of carboxylic acid groups (broad SMARTS) is 1. The zero-order chi connectivity index (χ0) is 11.6. The van der Waals surface area contributed by atoms with Crippen LogP contribution in [0.3, 0.4) is 0 Å². The number of carbonyl (C=O) groups excluding carboxylic acids is 1. The number of rotatable bonds is 2. The third-order valence-electron chi connectivity index (χ3n) is 2.15. The molecule has 1 rings (SSSR count). The molecule has 5 nitrogen and oxygen atoms in total. The maximum atomic E-state index is 11.7. The van der Waals surface area contributed by atoms with E-state index in [1.54, 1.807) is 5.32 Å². The number of hydrogen-bond donors (Lipinski definition) is 2. The van der Waals surface area contributed by atoms with Crippen LogP contribution in [0.2, 0.25) is 0 Å². The van der Waals surface area contributed by atoms with E-state index in [1.807, 2.05) is 0 Å². The molecule has 1 aliphatic heterocycles. The van der Waals surface area contributed by atoms with Crippen LogP contribution in [0.25, 0.3) is 0 Å². The van der Waals surface area contributed by atoms with E-state index in [2.05, 4.69) is 0 Å². The fourth-order valence-electron chi connectivity index (χ4n) is 1.22. The fraction of sp³-hybridized carbons (Fsp3) is 0.714. The Hall–Kier alpha value is -1.47. The molecule has 0 aliphatic carbocycles. The molecule has 0 aromatic heterocycles. The van der Waals surface area contributed by atoms with Gasteiger partial charge in [-0.15, -0.1) is 0 Å². The van der Waals surface area contributed by atoms with Crippen molar-refractivity contribution in [1.82, 2.24) is 10.2 Å². The van der Waals surface area contributed by atoms with Crippen molar-refractivity contribution in [1.29, 1.82) is 0 Å². The van der Waals surface area contributed by atoms with Crippen molar-refractivity contribution in [3.05, 3.63) is 0 Å². The van der Waals surface area contributed by atoms with Gasteiger partial charge in [-0.3, -0.25) is 4.79 Å². The van der Waals surface area contributed by atoms with E-state index in [0.29, 0.717) is 13.0 Å². The van der Waals surface area contributed by atoms with Crippen LogP contribution in [0.5, 0.6) is 0 Å². The second-order valence-corrected chi connectivity index (χ2v) is 3.13. The van der Waals surface area contributed by atoms with Crippen LogP contribution >= 0.6 is 0 Å². The lowest BCUT2D eigenvalue weighted by Gasteiger charge is -2.38. The van der Waals surface area contributed by atoms with Crippen LogP contribution < -0.4 is 5.32 Å². The summed E-state index contributed by atoms with van der Waals surface area (Å²) in [5, 5.41) is 10.2. The van der Waals surface area contributed by atoms with Gasteiger partial charge in [0.2, 0.25) is 0 Å². The largest absolute Gasteiger partial charge is 0.471 e. The van der Waals surface area contributed by atoms with Crippen molar-refractivity contribution in [3.63, 3.8) is 0 Å². The first-order chi connectivity index (χ1) is 6.82. The quantitative estimate of drug-likeness (QED) is 0.716. The van der Waals surface area contributed by atoms with Gasteiger partial charge in [0.05, 0.1) is 6.04 Å². The van der Waals surface area contributed by atoms with Crippen molar-refractivity contribution < 1.29 is 27.9 Å². The van der Waals surface area contributed by atoms with Gasteiger partial charge in [-0.1, -0.05) is 0 Å². The molecule has 86 valence electrons. The van der Waals surface area contributed by atoms with Crippen molar-refractivity contribution in [2.24, 2.45) is 0 Å². The summed E-state index contributed by atoms with van der Waals surface area (Å²) in [7, 11) is 0. The molecule has 0 saturated carbocycles. The third-order valence-corrected chi connectivity index (χ3v) is 2.15. The first kappa shape index (κ1) is 11.6. The first-order valence-electron chi connectivity index (χ1n) is 4.17. The van der Waals surface area contributed by atoms with Gasteiger partial charge >= 0.3 is 18.2 Å². The van der Waals surface area contributed by atoms with Gasteiger partial charge in [-0.05, 0) is 6.42 Å². The van der Waals surface area contributed by atoms with Crippen LogP contribution in [-0.2, 0) is 4.79 Å². The molecule has 0 spiro atoms. The van der Waals surface area contributed by atoms with E-state index in [9.17, 15) is 22.8 Å². The molecule has 8 heteroatoms. The lowest BCUT2D eigenvalue weighted by atomic mass is 10.0. The topological polar surface area (TPSA) is 69.6 Å². The lowest BCUT2D eigenvalue weighted by Crippen LogP contribution is -2.56. The van der Waals surface area contributed by atoms with Gasteiger partial charge in [0.25, 0.3) is 0 Å². The smallest absolute Gasteiger partial charge is 0.465 e. The Labute approximate surface area is 82.8 Å². The number of carbonyl (C=O) groups is 2. The van der Waals surface area contributed by atoms with Crippen LogP contribution in [0.4, 0.5) is 18.0 Å². The monoisotopic (exact) mass is 226 g/mol. The summed E-state index contributed by atoms with van der Waals surface area (Å²) in [6.07, 6.45) is -5.64. The number of nitrogens with zero attached hydrogens (tertiary/aromatic N) is 1. The Morgan fingerprint density at radius 2 is 2.07 bits per heavy atom. The molecule has 1 saturated heterocycles. The molecule has 0 aromatic rings. The van der Waals surface area contributed by atoms with E-state index in [4.69, 9.17) is 5.11 Å². The van der Waals surface area contributed by atoms with E-state index < -0.39 is 24.2 Å². The molecule has 0 bridgehead atoms. The summed E-state index contributed by atoms with van der Waals surface area (Å²) in [4.78, 5) is 21.8. The zero-order valence-electron chi connectivity index (χ0n) is 7.54. The molecule has 2 amide bonds. The predicted molar refractivity (Wildman–Crippen MR) is 42.2 cm³/mol. The summed E-state index contributed by atoms with van der Waals surface area (Å²) >= 11 is 0. The van der Waals surface area contributed by atoms with E-state index in [0.717, 1.165) is 4.90 Å². The van der Waals surface area contributed by atoms with Crippen LogP contribution in [0, 0.1) is 0 Å². The molecule has 0 aromatic carbocycles. The molecule has 0 radical (unpaired) electrons. The molecule has 1 atom stereocenters. The van der Waals surface area contributed by atoms with Gasteiger partial charge in [0, 0.05) is 13.1 Å². The molecule has 1 fully saturated rings. The van der Waals surface area contributed by atoms with Gasteiger partial charge in [-0.25, -0.2) is 4.79 Å². The van der Waals surface area contributed by atoms with Crippen molar-refractivity contribution in [3.8, 4) is 0 Å². The highest BCUT2D eigenvalue weighted by molar-refractivity contribution is 5.81. The Balaban J connectivity index is 2.33. The number of hydrogen-bond acceptors (Lipinski definition) is 2. The Morgan fingerprint density at radius 1 is 1.47 bits per heavy atom. The minimum atomic E-state index is -4.92. The standard InChI is InChI=1S/C7H9F3N2O3/c8-7(9,10)5(13)11-3-4-1-2-12(4)6(14)15/h4H,1-3H2,(H,11,13)(H,14,15)/t4-/m0/s1. The summed E-state index contributed by atoms with van der Waals surface area (Å²) in [6.45, 7) is -0.00741. The first-order valence-corrected chi connectivity index (χ1v) is 4.17. The maximum Gasteiger partial charge on any atom is 0.471 e. The average molecular weight is 226 g/mol. The minimum absolute atomic E-state index is 0.294. The third kappa shape index (κ3) is 2.74. The predicted octanol–water partition coefficient (Wildman–Crippen LogP) is 0.417. The van der Waals surface area contributed by atoms with Gasteiger partial charge in [0.1, 0.15) is 0 Å². The SMILES string of the molecule is O=C(O)N1CC[C@H]1CNC(=O)C(F)(F)F. The van der Waals surface area contributed by atoms with E-state index >= 15 is 0 Å². The second-order valence-electron chi connectivity index (χ2n) is 3.13. The highest BCUT2D eigenvalue weighted by Gasteiger charge is 2.40. The van der Waals surface area contributed by atoms with Crippen LogP contribution in [-0.4, -0.2) is 47.3 Å². The van der Waals surface area contributed by atoms with Crippen molar-refractivity contribution in [2.45, 2.75) is 18.6 Å². The van der Waals surface area contributed by atoms with E-state index in [1.165, 1.54) is 0 Å². The molecule has 1 aliphatic rings. The summed E-state index contributed by atoms with van der Waals surface area (Å²) in [5.41, 5.74) is 0.